The van der Waals surface area contributed by atoms with E-state index in [4.69, 9.17) is 5.73 Å². The molecule has 1 saturated carbocycles. The van der Waals surface area contributed by atoms with Crippen LogP contribution in [0.1, 0.15) is 57.1 Å². The first kappa shape index (κ1) is 16.9. The number of primary amides is 1. The number of nitrogens with one attached hydrogen (secondary N) is 1. The quantitative estimate of drug-likeness (QED) is 0.864. The van der Waals surface area contributed by atoms with Gasteiger partial charge in [0.25, 0.3) is 0 Å². The van der Waals surface area contributed by atoms with Crippen molar-refractivity contribution in [3.63, 3.8) is 0 Å². The molecule has 0 aromatic carbocycles. The molecule has 7 heteroatoms. The molecule has 1 atom stereocenters. The van der Waals surface area contributed by atoms with E-state index < -0.39 is 11.5 Å². The number of nitrogens with zero attached hydrogens (tertiary/aromatic N) is 4. The fourth-order valence-corrected chi connectivity index (χ4v) is 4.10. The van der Waals surface area contributed by atoms with Gasteiger partial charge in [0.1, 0.15) is 0 Å². The fraction of sp³-hybridized carbons (Fsp3) is 0.765. The zero-order valence-electron chi connectivity index (χ0n) is 14.2. The topological polar surface area (TPSA) is 110 Å². The van der Waals surface area contributed by atoms with Gasteiger partial charge in [-0.1, -0.05) is 25.0 Å². The van der Waals surface area contributed by atoms with E-state index in [1.807, 2.05) is 0 Å². The average Bonchev–Trinajstić information content (AvgIpc) is 3.07. The van der Waals surface area contributed by atoms with Crippen LogP contribution in [-0.2, 0) is 10.3 Å². The Morgan fingerprint density at radius 2 is 2.08 bits per heavy atom. The summed E-state index contributed by atoms with van der Waals surface area (Å²) >= 11 is 0. The molecule has 130 valence electrons. The molecule has 0 radical (unpaired) electrons. The second-order valence-electron chi connectivity index (χ2n) is 7.38. The van der Waals surface area contributed by atoms with Gasteiger partial charge in [0, 0.05) is 0 Å². The lowest BCUT2D eigenvalue weighted by atomic mass is 9.75. The zero-order chi connectivity index (χ0) is 17.2. The smallest absolute Gasteiger partial charge is 0.226 e. The number of hydrogen-bond acceptors (Lipinski definition) is 5. The highest BCUT2D eigenvalue weighted by atomic mass is 16.1. The summed E-state index contributed by atoms with van der Waals surface area (Å²) in [6, 6.07) is 2.40. The van der Waals surface area contributed by atoms with Gasteiger partial charge in [-0.3, -0.25) is 4.79 Å². The van der Waals surface area contributed by atoms with E-state index in [2.05, 4.69) is 28.6 Å². The van der Waals surface area contributed by atoms with Gasteiger partial charge in [-0.15, -0.1) is 5.10 Å². The minimum Gasteiger partial charge on any atom is -0.369 e. The Bertz CT molecular complexity index is 619. The summed E-state index contributed by atoms with van der Waals surface area (Å²) in [7, 11) is 0. The van der Waals surface area contributed by atoms with Crippen LogP contribution in [0.3, 0.4) is 0 Å². The van der Waals surface area contributed by atoms with E-state index in [9.17, 15) is 10.1 Å². The lowest BCUT2D eigenvalue weighted by Crippen LogP contribution is -2.43. The van der Waals surface area contributed by atoms with Gasteiger partial charge >= 0.3 is 0 Å². The lowest BCUT2D eigenvalue weighted by Gasteiger charge is -2.31. The molecule has 3 rings (SSSR count). The van der Waals surface area contributed by atoms with Crippen LogP contribution in [0.5, 0.6) is 0 Å². The summed E-state index contributed by atoms with van der Waals surface area (Å²) in [6.07, 6.45) is 7.39. The Labute approximate surface area is 142 Å². The van der Waals surface area contributed by atoms with Crippen LogP contribution in [-0.4, -0.2) is 34.0 Å². The number of nitriles is 1. The van der Waals surface area contributed by atoms with Crippen molar-refractivity contribution in [3.8, 4) is 6.07 Å². The van der Waals surface area contributed by atoms with Crippen molar-refractivity contribution in [1.82, 2.24) is 20.3 Å². The van der Waals surface area contributed by atoms with Crippen LogP contribution in [0.4, 0.5) is 0 Å². The largest absolute Gasteiger partial charge is 0.369 e. The molecule has 1 amide bonds. The van der Waals surface area contributed by atoms with Crippen LogP contribution in [0, 0.1) is 23.2 Å². The number of carbonyl (C=O) groups excluding carboxylic acids is 1. The lowest BCUT2D eigenvalue weighted by molar-refractivity contribution is -0.121. The predicted octanol–water partition coefficient (Wildman–Crippen LogP) is 1.28. The Balaban J connectivity index is 1.84. The maximum atomic E-state index is 12.1. The van der Waals surface area contributed by atoms with Crippen LogP contribution >= 0.6 is 0 Å². The third kappa shape index (κ3) is 3.16. The molecule has 0 bridgehead atoms. The number of carbonyl (C=O) groups is 1. The third-order valence-electron chi connectivity index (χ3n) is 5.75. The second kappa shape index (κ2) is 6.89. The molecule has 1 saturated heterocycles. The Kier molecular flexibility index (Phi) is 4.86. The maximum Gasteiger partial charge on any atom is 0.226 e. The molecule has 1 aromatic rings. The first-order chi connectivity index (χ1) is 11.6. The van der Waals surface area contributed by atoms with E-state index in [0.717, 1.165) is 38.8 Å². The number of amides is 1. The molecule has 2 heterocycles. The maximum absolute atomic E-state index is 12.1. The molecule has 1 unspecified atom stereocenters. The van der Waals surface area contributed by atoms with Crippen LogP contribution in [0.25, 0.3) is 0 Å². The van der Waals surface area contributed by atoms with Gasteiger partial charge in [0.15, 0.2) is 5.54 Å². The molecule has 1 aliphatic heterocycles. The molecule has 7 nitrogen and oxygen atoms in total. The monoisotopic (exact) mass is 330 g/mol. The zero-order valence-corrected chi connectivity index (χ0v) is 14.2. The number of rotatable bonds is 4. The van der Waals surface area contributed by atoms with Gasteiger partial charge in [-0.25, -0.2) is 4.68 Å². The van der Waals surface area contributed by atoms with E-state index in [0.29, 0.717) is 24.5 Å². The summed E-state index contributed by atoms with van der Waals surface area (Å²) in [6.45, 7) is 3.81. The standard InChI is InChI=1S/C17H26N6O/c1-12-2-4-13(5-3-12)15(16(19)24)14-10-23(22-21-14)17(11-18)6-8-20-9-7-17/h10,12-13,15,20H,2-9H2,1H3,(H2,19,24). The highest BCUT2D eigenvalue weighted by Crippen LogP contribution is 2.38. The first-order valence-electron chi connectivity index (χ1n) is 8.90. The Hall–Kier alpha value is -1.94. The van der Waals surface area contributed by atoms with E-state index in [1.165, 1.54) is 0 Å². The normalized spacial score (nSPS) is 28.0. The first-order valence-corrected chi connectivity index (χ1v) is 8.90. The highest BCUT2D eigenvalue weighted by Gasteiger charge is 2.38. The summed E-state index contributed by atoms with van der Waals surface area (Å²) in [4.78, 5) is 12.1. The molecule has 1 aromatic heterocycles. The summed E-state index contributed by atoms with van der Waals surface area (Å²) in [5.41, 5.74) is 5.65. The summed E-state index contributed by atoms with van der Waals surface area (Å²) < 4.78 is 1.66. The SMILES string of the molecule is CC1CCC(C(C(N)=O)c2cn(C3(C#N)CCNCC3)nn2)CC1. The molecular formula is C17H26N6O. The van der Waals surface area contributed by atoms with Gasteiger partial charge in [0.05, 0.1) is 23.9 Å². The van der Waals surface area contributed by atoms with Gasteiger partial charge < -0.3 is 11.1 Å². The molecular weight excluding hydrogens is 304 g/mol. The van der Waals surface area contributed by atoms with E-state index in [-0.39, 0.29) is 11.8 Å². The molecule has 0 spiro atoms. The number of hydrogen-bond donors (Lipinski definition) is 2. The van der Waals surface area contributed by atoms with Gasteiger partial charge in [-0.05, 0) is 50.6 Å². The van der Waals surface area contributed by atoms with Crippen molar-refractivity contribution in [2.24, 2.45) is 17.6 Å². The minimum absolute atomic E-state index is 0.231. The highest BCUT2D eigenvalue weighted by molar-refractivity contribution is 5.81. The Morgan fingerprint density at radius 1 is 1.42 bits per heavy atom. The minimum atomic E-state index is -0.667. The van der Waals surface area contributed by atoms with Gasteiger partial charge in [0.2, 0.25) is 5.91 Å². The predicted molar refractivity (Wildman–Crippen MR) is 88.8 cm³/mol. The number of nitrogens with two attached hydrogens (primary N) is 1. The van der Waals surface area contributed by atoms with Crippen molar-refractivity contribution < 1.29 is 4.79 Å². The molecule has 2 fully saturated rings. The summed E-state index contributed by atoms with van der Waals surface area (Å²) in [5.74, 6) is 0.207. The molecule has 1 aliphatic carbocycles. The van der Waals surface area contributed by atoms with Crippen LogP contribution < -0.4 is 11.1 Å². The van der Waals surface area contributed by atoms with Crippen LogP contribution in [0.15, 0.2) is 6.20 Å². The molecule has 24 heavy (non-hydrogen) atoms. The van der Waals surface area contributed by atoms with Crippen molar-refractivity contribution in [2.75, 3.05) is 13.1 Å². The van der Waals surface area contributed by atoms with E-state index in [1.54, 1.807) is 10.9 Å². The fourth-order valence-electron chi connectivity index (χ4n) is 4.10. The molecule has 2 aliphatic rings. The van der Waals surface area contributed by atoms with Crippen molar-refractivity contribution >= 4 is 5.91 Å². The molecule has 3 N–H and O–H groups in total. The third-order valence-corrected chi connectivity index (χ3v) is 5.75. The second-order valence-corrected chi connectivity index (χ2v) is 7.38. The number of piperidine rings is 1. The average molecular weight is 330 g/mol. The summed E-state index contributed by atoms with van der Waals surface area (Å²) in [5, 5.41) is 21.4. The number of aromatic nitrogens is 3. The van der Waals surface area contributed by atoms with Crippen molar-refractivity contribution in [2.45, 2.75) is 56.9 Å². The van der Waals surface area contributed by atoms with Crippen molar-refractivity contribution in [1.29, 1.82) is 5.26 Å². The van der Waals surface area contributed by atoms with E-state index >= 15 is 0 Å². The Morgan fingerprint density at radius 3 is 2.67 bits per heavy atom. The van der Waals surface area contributed by atoms with Gasteiger partial charge in [-0.2, -0.15) is 5.26 Å². The van der Waals surface area contributed by atoms with Crippen LogP contribution in [0.2, 0.25) is 0 Å². The van der Waals surface area contributed by atoms with Crippen molar-refractivity contribution in [3.05, 3.63) is 11.9 Å².